The van der Waals surface area contributed by atoms with Gasteiger partial charge in [0.2, 0.25) is 5.91 Å². The number of carbonyl (C=O) groups excluding carboxylic acids is 1. The first-order valence-electron chi connectivity index (χ1n) is 12.3. The molecule has 0 aromatic heterocycles. The molecule has 0 aliphatic rings. The molecule has 0 unspecified atom stereocenters. The maximum atomic E-state index is 11.7. The second-order valence-corrected chi connectivity index (χ2v) is 8.82. The molecule has 0 saturated carbocycles. The summed E-state index contributed by atoms with van der Waals surface area (Å²) in [5.41, 5.74) is 0. The van der Waals surface area contributed by atoms with Crippen molar-refractivity contribution in [3.63, 3.8) is 0 Å². The van der Waals surface area contributed by atoms with Gasteiger partial charge in [-0.1, -0.05) is 84.0 Å². The van der Waals surface area contributed by atoms with Gasteiger partial charge in [0.05, 0.1) is 0 Å². The molecule has 168 valence electrons. The third-order valence-corrected chi connectivity index (χ3v) is 5.96. The molecule has 0 aromatic carbocycles. The van der Waals surface area contributed by atoms with Gasteiger partial charge in [0, 0.05) is 13.0 Å². The Morgan fingerprint density at radius 2 is 1.18 bits per heavy atom. The molecule has 0 fully saturated rings. The second-order valence-electron chi connectivity index (χ2n) is 8.38. The van der Waals surface area contributed by atoms with Crippen LogP contribution in [0.4, 0.5) is 0 Å². The number of nitrogens with one attached hydrogen (secondary N) is 1. The van der Waals surface area contributed by atoms with E-state index in [1.54, 1.807) is 0 Å². The quantitative estimate of drug-likeness (QED) is 0.154. The standard InChI is InChI=1S/C24H50N2OS/c1-3-26(2)22-18-14-12-10-8-6-4-5-7-9-11-13-16-20-24(27)25-21-17-15-19-23-28/h28H,3-23H2,1-2H3,(H,25,27). The summed E-state index contributed by atoms with van der Waals surface area (Å²) in [6.45, 7) is 5.50. The van der Waals surface area contributed by atoms with Crippen LogP contribution in [0.1, 0.15) is 116 Å². The molecule has 4 heteroatoms. The van der Waals surface area contributed by atoms with E-state index in [2.05, 4.69) is 36.8 Å². The Bertz CT molecular complexity index is 326. The largest absolute Gasteiger partial charge is 0.356 e. The molecule has 0 bridgehead atoms. The molecule has 1 amide bonds. The molecule has 0 atom stereocenters. The van der Waals surface area contributed by atoms with Gasteiger partial charge < -0.3 is 10.2 Å². The van der Waals surface area contributed by atoms with Crippen molar-refractivity contribution >= 4 is 18.5 Å². The molecule has 28 heavy (non-hydrogen) atoms. The smallest absolute Gasteiger partial charge is 0.219 e. The zero-order valence-corrected chi connectivity index (χ0v) is 20.0. The Labute approximate surface area is 182 Å². The molecule has 0 spiro atoms. The van der Waals surface area contributed by atoms with Crippen molar-refractivity contribution in [2.24, 2.45) is 0 Å². The molecular formula is C24H50N2OS. The lowest BCUT2D eigenvalue weighted by Gasteiger charge is -2.12. The second kappa shape index (κ2) is 23.1. The van der Waals surface area contributed by atoms with Crippen molar-refractivity contribution in [1.82, 2.24) is 10.2 Å². The number of hydrogen-bond acceptors (Lipinski definition) is 3. The fraction of sp³-hybridized carbons (Fsp3) is 0.958. The van der Waals surface area contributed by atoms with E-state index in [0.717, 1.165) is 31.6 Å². The summed E-state index contributed by atoms with van der Waals surface area (Å²) in [6, 6.07) is 0. The zero-order valence-electron chi connectivity index (χ0n) is 19.2. The highest BCUT2D eigenvalue weighted by atomic mass is 32.1. The molecule has 0 aromatic rings. The van der Waals surface area contributed by atoms with Gasteiger partial charge in [-0.15, -0.1) is 0 Å². The van der Waals surface area contributed by atoms with E-state index in [-0.39, 0.29) is 5.91 Å². The third-order valence-electron chi connectivity index (χ3n) is 5.64. The predicted octanol–water partition coefficient (Wildman–Crippen LogP) is 6.62. The van der Waals surface area contributed by atoms with Gasteiger partial charge in [-0.05, 0) is 51.6 Å². The lowest BCUT2D eigenvalue weighted by Crippen LogP contribution is -2.23. The number of rotatable bonds is 22. The highest BCUT2D eigenvalue weighted by molar-refractivity contribution is 7.80. The molecule has 0 rings (SSSR count). The zero-order chi connectivity index (χ0) is 20.7. The van der Waals surface area contributed by atoms with Gasteiger partial charge in [0.15, 0.2) is 0 Å². The number of thiol groups is 1. The normalized spacial score (nSPS) is 11.3. The van der Waals surface area contributed by atoms with Crippen molar-refractivity contribution in [2.75, 3.05) is 32.4 Å². The summed E-state index contributed by atoms with van der Waals surface area (Å²) < 4.78 is 0. The van der Waals surface area contributed by atoms with Crippen LogP contribution < -0.4 is 5.32 Å². The van der Waals surface area contributed by atoms with Gasteiger partial charge >= 0.3 is 0 Å². The highest BCUT2D eigenvalue weighted by Gasteiger charge is 2.00. The van der Waals surface area contributed by atoms with E-state index in [1.165, 1.54) is 96.6 Å². The van der Waals surface area contributed by atoms with Crippen molar-refractivity contribution in [3.05, 3.63) is 0 Å². The maximum absolute atomic E-state index is 11.7. The topological polar surface area (TPSA) is 32.3 Å². The fourth-order valence-corrected chi connectivity index (χ4v) is 3.72. The Kier molecular flexibility index (Phi) is 22.9. The van der Waals surface area contributed by atoms with Crippen molar-refractivity contribution < 1.29 is 4.79 Å². The van der Waals surface area contributed by atoms with Crippen molar-refractivity contribution in [3.8, 4) is 0 Å². The van der Waals surface area contributed by atoms with Crippen LogP contribution in [0.15, 0.2) is 0 Å². The Hall–Kier alpha value is -0.220. The average molecular weight is 415 g/mol. The van der Waals surface area contributed by atoms with Crippen LogP contribution in [0, 0.1) is 0 Å². The van der Waals surface area contributed by atoms with Gasteiger partial charge in [-0.2, -0.15) is 12.6 Å². The molecular weight excluding hydrogens is 364 g/mol. The van der Waals surface area contributed by atoms with Gasteiger partial charge in [0.1, 0.15) is 0 Å². The van der Waals surface area contributed by atoms with E-state index < -0.39 is 0 Å². The average Bonchev–Trinajstić information content (AvgIpc) is 2.70. The molecule has 3 nitrogen and oxygen atoms in total. The van der Waals surface area contributed by atoms with E-state index in [4.69, 9.17) is 0 Å². The summed E-state index contributed by atoms with van der Waals surface area (Å²) in [7, 11) is 2.21. The molecule has 0 saturated heterocycles. The first-order valence-corrected chi connectivity index (χ1v) is 12.9. The van der Waals surface area contributed by atoms with Gasteiger partial charge in [0.25, 0.3) is 0 Å². The Morgan fingerprint density at radius 3 is 1.68 bits per heavy atom. The number of nitrogens with zero attached hydrogens (tertiary/aromatic N) is 1. The van der Waals surface area contributed by atoms with Crippen LogP contribution in [0.3, 0.4) is 0 Å². The van der Waals surface area contributed by atoms with E-state index in [0.29, 0.717) is 6.42 Å². The van der Waals surface area contributed by atoms with Crippen LogP contribution in [0.2, 0.25) is 0 Å². The van der Waals surface area contributed by atoms with Crippen LogP contribution in [0.5, 0.6) is 0 Å². The number of amides is 1. The molecule has 0 aliphatic carbocycles. The summed E-state index contributed by atoms with van der Waals surface area (Å²) in [4.78, 5) is 14.1. The molecule has 0 heterocycles. The van der Waals surface area contributed by atoms with Gasteiger partial charge in [-0.3, -0.25) is 4.79 Å². The lowest BCUT2D eigenvalue weighted by molar-refractivity contribution is -0.121. The fourth-order valence-electron chi connectivity index (χ4n) is 3.50. The maximum Gasteiger partial charge on any atom is 0.219 e. The monoisotopic (exact) mass is 414 g/mol. The van der Waals surface area contributed by atoms with Crippen LogP contribution in [0.25, 0.3) is 0 Å². The summed E-state index contributed by atoms with van der Waals surface area (Å²) in [5, 5.41) is 3.03. The highest BCUT2D eigenvalue weighted by Crippen LogP contribution is 2.13. The van der Waals surface area contributed by atoms with E-state index >= 15 is 0 Å². The Balaban J connectivity index is 3.12. The summed E-state index contributed by atoms with van der Waals surface area (Å²) >= 11 is 4.20. The molecule has 0 aliphatic heterocycles. The van der Waals surface area contributed by atoms with Crippen LogP contribution in [-0.2, 0) is 4.79 Å². The summed E-state index contributed by atoms with van der Waals surface area (Å²) in [6.07, 6.45) is 21.6. The Morgan fingerprint density at radius 1 is 0.714 bits per heavy atom. The minimum absolute atomic E-state index is 0.239. The van der Waals surface area contributed by atoms with Crippen molar-refractivity contribution in [2.45, 2.75) is 116 Å². The summed E-state index contributed by atoms with van der Waals surface area (Å²) in [5.74, 6) is 1.19. The van der Waals surface area contributed by atoms with Crippen LogP contribution >= 0.6 is 12.6 Å². The third kappa shape index (κ3) is 22.1. The first-order chi connectivity index (χ1) is 13.7. The number of carbonyl (C=O) groups is 1. The first kappa shape index (κ1) is 27.8. The molecule has 1 N–H and O–H groups in total. The molecule has 0 radical (unpaired) electrons. The number of unbranched alkanes of at least 4 members (excludes halogenated alkanes) is 14. The van der Waals surface area contributed by atoms with Crippen molar-refractivity contribution in [1.29, 1.82) is 0 Å². The van der Waals surface area contributed by atoms with Crippen LogP contribution in [-0.4, -0.2) is 43.2 Å². The van der Waals surface area contributed by atoms with Gasteiger partial charge in [-0.25, -0.2) is 0 Å². The minimum Gasteiger partial charge on any atom is -0.356 e. The minimum atomic E-state index is 0.239. The lowest BCUT2D eigenvalue weighted by atomic mass is 10.0. The SMILES string of the molecule is CCN(C)CCCCCCCCCCCCCCCC(=O)NCCCCCS. The number of hydrogen-bond donors (Lipinski definition) is 2. The predicted molar refractivity (Wildman–Crippen MR) is 129 cm³/mol. The van der Waals surface area contributed by atoms with E-state index in [9.17, 15) is 4.79 Å². The van der Waals surface area contributed by atoms with E-state index in [1.807, 2.05) is 0 Å².